The summed E-state index contributed by atoms with van der Waals surface area (Å²) in [7, 11) is 1.68. The summed E-state index contributed by atoms with van der Waals surface area (Å²) in [5.41, 5.74) is 4.95. The van der Waals surface area contributed by atoms with Gasteiger partial charge in [0.1, 0.15) is 5.75 Å². The highest BCUT2D eigenvalue weighted by Crippen LogP contribution is 2.28. The Morgan fingerprint density at radius 1 is 1.14 bits per heavy atom. The molecular weight excluding hydrogens is 264 g/mol. The van der Waals surface area contributed by atoms with Crippen LogP contribution in [-0.4, -0.2) is 18.2 Å². The molecule has 0 aliphatic carbocycles. The van der Waals surface area contributed by atoms with Crippen LogP contribution in [0.3, 0.4) is 0 Å². The summed E-state index contributed by atoms with van der Waals surface area (Å²) in [5, 5.41) is 8.74. The van der Waals surface area contributed by atoms with Crippen molar-refractivity contribution in [3.63, 3.8) is 0 Å². The number of carboxylic acid groups (broad SMARTS) is 1. The second-order valence-electron chi connectivity index (χ2n) is 4.96. The predicted molar refractivity (Wildman–Crippen MR) is 86.8 cm³/mol. The lowest BCUT2D eigenvalue weighted by molar-refractivity contribution is -0.132. The van der Waals surface area contributed by atoms with Gasteiger partial charge in [-0.25, -0.2) is 4.79 Å². The molecule has 1 N–H and O–H groups in total. The van der Waals surface area contributed by atoms with Gasteiger partial charge < -0.3 is 9.84 Å². The van der Waals surface area contributed by atoms with E-state index in [1.807, 2.05) is 38.1 Å². The molecule has 0 saturated heterocycles. The highest BCUT2D eigenvalue weighted by Gasteiger charge is 2.07. The van der Waals surface area contributed by atoms with E-state index in [0.29, 0.717) is 5.57 Å². The third-order valence-electron chi connectivity index (χ3n) is 3.50. The zero-order valence-corrected chi connectivity index (χ0v) is 13.2. The first-order chi connectivity index (χ1) is 9.88. The van der Waals surface area contributed by atoms with E-state index in [-0.39, 0.29) is 0 Å². The van der Waals surface area contributed by atoms with E-state index < -0.39 is 5.97 Å². The minimum atomic E-state index is -0.902. The van der Waals surface area contributed by atoms with Gasteiger partial charge >= 0.3 is 5.97 Å². The molecule has 0 heterocycles. The summed E-state index contributed by atoms with van der Waals surface area (Å²) in [6.07, 6.45) is 9.06. The molecule has 0 aliphatic heterocycles. The molecule has 0 aromatic heterocycles. The van der Waals surface area contributed by atoms with Gasteiger partial charge in [0.2, 0.25) is 0 Å². The molecule has 0 saturated carbocycles. The van der Waals surface area contributed by atoms with E-state index >= 15 is 0 Å². The van der Waals surface area contributed by atoms with Gasteiger partial charge in [0.25, 0.3) is 0 Å². The van der Waals surface area contributed by atoms with Crippen molar-refractivity contribution >= 4 is 12.0 Å². The van der Waals surface area contributed by atoms with E-state index in [1.54, 1.807) is 26.2 Å². The van der Waals surface area contributed by atoms with Crippen LogP contribution in [0.4, 0.5) is 0 Å². The standard InChI is InChI=1S/C18H22O3/c1-12(18(19)20)9-7-6-8-10-16-13(2)11-17(21-5)15(4)14(16)3/h6-11H,1-5H3,(H,19,20)/b7-6+,10-8+,12-9+. The summed E-state index contributed by atoms with van der Waals surface area (Å²) >= 11 is 0. The second-order valence-corrected chi connectivity index (χ2v) is 4.96. The third kappa shape index (κ3) is 4.35. The molecule has 0 atom stereocenters. The van der Waals surface area contributed by atoms with Crippen molar-refractivity contribution in [2.75, 3.05) is 7.11 Å². The molecule has 3 heteroatoms. The van der Waals surface area contributed by atoms with Gasteiger partial charge in [-0.3, -0.25) is 0 Å². The quantitative estimate of drug-likeness (QED) is 0.651. The van der Waals surface area contributed by atoms with Crippen LogP contribution < -0.4 is 4.74 Å². The number of aliphatic carboxylic acids is 1. The number of hydrogen-bond donors (Lipinski definition) is 1. The third-order valence-corrected chi connectivity index (χ3v) is 3.50. The normalized spacial score (nSPS) is 12.3. The minimum absolute atomic E-state index is 0.312. The molecule has 21 heavy (non-hydrogen) atoms. The van der Waals surface area contributed by atoms with E-state index in [9.17, 15) is 4.79 Å². The van der Waals surface area contributed by atoms with E-state index in [1.165, 1.54) is 5.56 Å². The van der Waals surface area contributed by atoms with Gasteiger partial charge in [0, 0.05) is 5.57 Å². The zero-order chi connectivity index (χ0) is 16.0. The highest BCUT2D eigenvalue weighted by molar-refractivity contribution is 5.86. The summed E-state index contributed by atoms with van der Waals surface area (Å²) < 4.78 is 5.35. The Morgan fingerprint density at radius 3 is 2.38 bits per heavy atom. The van der Waals surface area contributed by atoms with Crippen LogP contribution in [0.25, 0.3) is 6.08 Å². The van der Waals surface area contributed by atoms with Gasteiger partial charge in [0.05, 0.1) is 7.11 Å². The van der Waals surface area contributed by atoms with E-state index in [2.05, 4.69) is 6.92 Å². The molecule has 0 bridgehead atoms. The van der Waals surface area contributed by atoms with E-state index in [4.69, 9.17) is 9.84 Å². The molecule has 0 unspecified atom stereocenters. The van der Waals surface area contributed by atoms with Crippen LogP contribution in [0.2, 0.25) is 0 Å². The minimum Gasteiger partial charge on any atom is -0.496 e. The average molecular weight is 286 g/mol. The van der Waals surface area contributed by atoms with E-state index in [0.717, 1.165) is 22.4 Å². The first-order valence-corrected chi connectivity index (χ1v) is 6.78. The molecular formula is C18H22O3. The Hall–Kier alpha value is -2.29. The Balaban J connectivity index is 2.97. The Bertz CT molecular complexity index is 620. The molecule has 0 radical (unpaired) electrons. The summed E-state index contributed by atoms with van der Waals surface area (Å²) in [6.45, 7) is 7.73. The molecule has 0 aliphatic rings. The van der Waals surface area contributed by atoms with Gasteiger partial charge in [-0.05, 0) is 56.0 Å². The molecule has 1 aromatic rings. The molecule has 0 spiro atoms. The number of ether oxygens (including phenoxy) is 1. The number of aryl methyl sites for hydroxylation is 1. The monoisotopic (exact) mass is 286 g/mol. The smallest absolute Gasteiger partial charge is 0.331 e. The molecule has 0 amide bonds. The number of allylic oxidation sites excluding steroid dienone is 4. The molecule has 0 fully saturated rings. The summed E-state index contributed by atoms with van der Waals surface area (Å²) in [5.74, 6) is -0.00111. The Labute approximate surface area is 126 Å². The van der Waals surface area contributed by atoms with Crippen molar-refractivity contribution in [3.8, 4) is 5.75 Å². The molecule has 112 valence electrons. The maximum absolute atomic E-state index is 10.6. The number of hydrogen-bond acceptors (Lipinski definition) is 2. The Morgan fingerprint density at radius 2 is 1.81 bits per heavy atom. The van der Waals surface area contributed by atoms with Crippen LogP contribution in [0.1, 0.15) is 29.2 Å². The lowest BCUT2D eigenvalue weighted by Gasteiger charge is -2.13. The number of rotatable bonds is 5. The molecule has 1 rings (SSSR count). The predicted octanol–water partition coefficient (Wildman–Crippen LogP) is 4.22. The maximum Gasteiger partial charge on any atom is 0.331 e. The molecule has 1 aromatic carbocycles. The van der Waals surface area contributed by atoms with Crippen molar-refractivity contribution in [3.05, 3.63) is 58.2 Å². The average Bonchev–Trinajstić information content (AvgIpc) is 2.45. The van der Waals surface area contributed by atoms with Gasteiger partial charge in [-0.2, -0.15) is 0 Å². The van der Waals surface area contributed by atoms with Gasteiger partial charge in [-0.1, -0.05) is 30.4 Å². The second kappa shape index (κ2) is 7.48. The fourth-order valence-electron chi connectivity index (χ4n) is 2.02. The topological polar surface area (TPSA) is 46.5 Å². The first kappa shape index (κ1) is 16.8. The van der Waals surface area contributed by atoms with Crippen LogP contribution in [-0.2, 0) is 4.79 Å². The highest BCUT2D eigenvalue weighted by atomic mass is 16.5. The lowest BCUT2D eigenvalue weighted by atomic mass is 9.97. The van der Waals surface area contributed by atoms with Crippen LogP contribution in [0.15, 0.2) is 35.9 Å². The van der Waals surface area contributed by atoms with Crippen molar-refractivity contribution < 1.29 is 14.6 Å². The fourth-order valence-corrected chi connectivity index (χ4v) is 2.02. The SMILES string of the molecule is COc1cc(C)c(/C=C/C=C/C=C(\C)C(=O)O)c(C)c1C. The van der Waals surface area contributed by atoms with Crippen molar-refractivity contribution in [1.29, 1.82) is 0 Å². The summed E-state index contributed by atoms with van der Waals surface area (Å²) in [6, 6.07) is 2.03. The van der Waals surface area contributed by atoms with Crippen LogP contribution in [0, 0.1) is 20.8 Å². The number of carboxylic acids is 1. The lowest BCUT2D eigenvalue weighted by Crippen LogP contribution is -1.95. The van der Waals surface area contributed by atoms with Crippen molar-refractivity contribution in [1.82, 2.24) is 0 Å². The molecule has 3 nitrogen and oxygen atoms in total. The van der Waals surface area contributed by atoms with Crippen molar-refractivity contribution in [2.45, 2.75) is 27.7 Å². The Kier molecular flexibility index (Phi) is 5.97. The maximum atomic E-state index is 10.6. The summed E-state index contributed by atoms with van der Waals surface area (Å²) in [4.78, 5) is 10.6. The van der Waals surface area contributed by atoms with Crippen LogP contribution in [0.5, 0.6) is 5.75 Å². The van der Waals surface area contributed by atoms with Crippen LogP contribution >= 0.6 is 0 Å². The zero-order valence-electron chi connectivity index (χ0n) is 13.2. The first-order valence-electron chi connectivity index (χ1n) is 6.78. The van der Waals surface area contributed by atoms with Crippen molar-refractivity contribution in [2.24, 2.45) is 0 Å². The van der Waals surface area contributed by atoms with Gasteiger partial charge in [-0.15, -0.1) is 0 Å². The largest absolute Gasteiger partial charge is 0.496 e. The number of carbonyl (C=O) groups is 1. The fraction of sp³-hybridized carbons (Fsp3) is 0.278. The number of benzene rings is 1. The van der Waals surface area contributed by atoms with Gasteiger partial charge in [0.15, 0.2) is 0 Å². The number of methoxy groups -OCH3 is 1.